The molecular formula is C24H20F4N4O2. The number of piperidine rings is 2. The molecule has 6 nitrogen and oxygen atoms in total. The van der Waals surface area contributed by atoms with Gasteiger partial charge in [-0.15, -0.1) is 0 Å². The maximum Gasteiger partial charge on any atom is 0.417 e. The molecule has 1 saturated carbocycles. The number of carbonyl (C=O) groups excluding carboxylic acids is 1. The summed E-state index contributed by atoms with van der Waals surface area (Å²) in [7, 11) is 0. The van der Waals surface area contributed by atoms with Crippen LogP contribution in [0.2, 0.25) is 0 Å². The molecule has 3 aromatic rings. The second-order valence-corrected chi connectivity index (χ2v) is 8.51. The first-order valence-corrected chi connectivity index (χ1v) is 10.9. The van der Waals surface area contributed by atoms with Gasteiger partial charge in [0.2, 0.25) is 5.88 Å². The van der Waals surface area contributed by atoms with Crippen molar-refractivity contribution in [3.05, 3.63) is 71.9 Å². The summed E-state index contributed by atoms with van der Waals surface area (Å²) >= 11 is 0. The van der Waals surface area contributed by atoms with Gasteiger partial charge in [-0.25, -0.2) is 19.3 Å². The van der Waals surface area contributed by atoms with Crippen LogP contribution in [0.4, 0.5) is 17.6 Å². The van der Waals surface area contributed by atoms with E-state index in [1.165, 1.54) is 36.7 Å². The fraction of sp³-hybridized carbons (Fsp3) is 0.333. The fourth-order valence-electron chi connectivity index (χ4n) is 4.75. The van der Waals surface area contributed by atoms with E-state index in [-0.39, 0.29) is 35.1 Å². The van der Waals surface area contributed by atoms with Crippen LogP contribution in [0.1, 0.15) is 35.2 Å². The predicted molar refractivity (Wildman–Crippen MR) is 113 cm³/mol. The number of halogens is 4. The van der Waals surface area contributed by atoms with E-state index < -0.39 is 23.7 Å². The number of ether oxygens (including phenoxy) is 1. The zero-order chi connectivity index (χ0) is 23.9. The van der Waals surface area contributed by atoms with Crippen LogP contribution in [0.5, 0.6) is 5.88 Å². The Morgan fingerprint density at radius 1 is 1.06 bits per heavy atom. The van der Waals surface area contributed by atoms with Gasteiger partial charge >= 0.3 is 6.18 Å². The van der Waals surface area contributed by atoms with E-state index in [1.54, 1.807) is 11.0 Å². The van der Waals surface area contributed by atoms with E-state index >= 15 is 0 Å². The molecule has 10 heteroatoms. The Kier molecular flexibility index (Phi) is 5.66. The molecule has 0 radical (unpaired) electrons. The number of pyridine rings is 1. The highest BCUT2D eigenvalue weighted by atomic mass is 19.4. The molecule has 4 heterocycles. The van der Waals surface area contributed by atoms with Crippen LogP contribution in [0.15, 0.2) is 55.0 Å². The van der Waals surface area contributed by atoms with Gasteiger partial charge < -0.3 is 9.64 Å². The number of aromatic nitrogens is 3. The molecule has 1 aromatic carbocycles. The average Bonchev–Trinajstić information content (AvgIpc) is 2.84. The molecule has 3 atom stereocenters. The topological polar surface area (TPSA) is 68.2 Å². The minimum absolute atomic E-state index is 0.0816. The Morgan fingerprint density at radius 3 is 2.53 bits per heavy atom. The molecule has 0 spiro atoms. The van der Waals surface area contributed by atoms with Gasteiger partial charge in [0, 0.05) is 36.8 Å². The standard InChI is InChI=1S/C24H20F4N4O2/c25-16-4-5-17(18(11-16)22-29-8-1-9-30-22)23(33)32-13-14-2-6-19(32)20(10-14)34-21-7-3-15(12-31-21)24(26,27)28/h1,3-5,7-9,11-12,14,19-20H,2,6,10,13H2/t14-,19-,20+/m0/s1. The van der Waals surface area contributed by atoms with Gasteiger partial charge in [-0.1, -0.05) is 0 Å². The molecular weight excluding hydrogens is 452 g/mol. The Labute approximate surface area is 192 Å². The Balaban J connectivity index is 1.40. The molecule has 2 bridgehead atoms. The van der Waals surface area contributed by atoms with Gasteiger partial charge in [-0.2, -0.15) is 13.2 Å². The van der Waals surface area contributed by atoms with Gasteiger partial charge in [0.15, 0.2) is 5.82 Å². The third-order valence-corrected chi connectivity index (χ3v) is 6.34. The third kappa shape index (κ3) is 4.32. The van der Waals surface area contributed by atoms with Crippen molar-refractivity contribution in [2.45, 2.75) is 37.6 Å². The van der Waals surface area contributed by atoms with Crippen LogP contribution in [0.25, 0.3) is 11.4 Å². The van der Waals surface area contributed by atoms with Crippen LogP contribution >= 0.6 is 0 Å². The smallest absolute Gasteiger partial charge is 0.417 e. The second kappa shape index (κ2) is 8.66. The molecule has 3 aliphatic rings. The molecule has 2 aliphatic heterocycles. The van der Waals surface area contributed by atoms with Gasteiger partial charge in [0.05, 0.1) is 17.2 Å². The van der Waals surface area contributed by atoms with Gasteiger partial charge in [0.25, 0.3) is 5.91 Å². The summed E-state index contributed by atoms with van der Waals surface area (Å²) in [6, 6.07) is 7.37. The largest absolute Gasteiger partial charge is 0.472 e. The van der Waals surface area contributed by atoms with Crippen molar-refractivity contribution < 1.29 is 27.1 Å². The highest BCUT2D eigenvalue weighted by Crippen LogP contribution is 2.39. The number of benzene rings is 1. The number of hydrogen-bond donors (Lipinski definition) is 0. The van der Waals surface area contributed by atoms with Crippen LogP contribution in [0.3, 0.4) is 0 Å². The van der Waals surface area contributed by atoms with E-state index in [0.29, 0.717) is 24.9 Å². The summed E-state index contributed by atoms with van der Waals surface area (Å²) in [5, 5.41) is 0. The van der Waals surface area contributed by atoms with Crippen molar-refractivity contribution >= 4 is 5.91 Å². The lowest BCUT2D eigenvalue weighted by atomic mass is 9.77. The highest BCUT2D eigenvalue weighted by molar-refractivity contribution is 6.00. The zero-order valence-corrected chi connectivity index (χ0v) is 17.9. The lowest BCUT2D eigenvalue weighted by Gasteiger charge is -2.49. The summed E-state index contributed by atoms with van der Waals surface area (Å²) in [5.74, 6) is -0.280. The number of amides is 1. The molecule has 34 heavy (non-hydrogen) atoms. The number of alkyl halides is 3. The number of hydrogen-bond acceptors (Lipinski definition) is 5. The third-order valence-electron chi connectivity index (χ3n) is 6.34. The molecule has 0 N–H and O–H groups in total. The van der Waals surface area contributed by atoms with E-state index in [4.69, 9.17) is 4.74 Å². The number of fused-ring (bicyclic) bond motifs is 3. The van der Waals surface area contributed by atoms with Crippen molar-refractivity contribution in [1.82, 2.24) is 19.9 Å². The van der Waals surface area contributed by atoms with E-state index in [1.807, 2.05) is 0 Å². The minimum atomic E-state index is -4.48. The fourth-order valence-corrected chi connectivity index (χ4v) is 4.75. The van der Waals surface area contributed by atoms with E-state index in [9.17, 15) is 22.4 Å². The summed E-state index contributed by atoms with van der Waals surface area (Å²) in [4.78, 5) is 27.4. The second-order valence-electron chi connectivity index (χ2n) is 8.51. The molecule has 1 aliphatic carbocycles. The first kappa shape index (κ1) is 22.2. The average molecular weight is 472 g/mol. The lowest BCUT2D eigenvalue weighted by Crippen LogP contribution is -2.59. The molecule has 3 fully saturated rings. The molecule has 2 saturated heterocycles. The Morgan fingerprint density at radius 2 is 1.85 bits per heavy atom. The highest BCUT2D eigenvalue weighted by Gasteiger charge is 2.45. The van der Waals surface area contributed by atoms with Crippen LogP contribution < -0.4 is 4.74 Å². The number of nitrogens with zero attached hydrogens (tertiary/aromatic N) is 4. The zero-order valence-electron chi connectivity index (χ0n) is 17.9. The quantitative estimate of drug-likeness (QED) is 0.512. The van der Waals surface area contributed by atoms with Gasteiger partial charge in [-0.05, 0) is 55.5 Å². The van der Waals surface area contributed by atoms with Gasteiger partial charge in [-0.3, -0.25) is 4.79 Å². The molecule has 1 amide bonds. The Hall–Kier alpha value is -3.56. The SMILES string of the molecule is O=C(c1ccc(F)cc1-c1ncccn1)N1C[C@H]2CC[C@H]1[C@H](Oc1ccc(C(F)(F)F)cn1)C2. The maximum absolute atomic E-state index is 14.0. The number of carbonyl (C=O) groups is 1. The molecule has 2 aromatic heterocycles. The first-order chi connectivity index (χ1) is 16.3. The summed E-state index contributed by atoms with van der Waals surface area (Å²) in [6.45, 7) is 0.524. The molecule has 176 valence electrons. The monoisotopic (exact) mass is 472 g/mol. The molecule has 6 rings (SSSR count). The van der Waals surface area contributed by atoms with Crippen molar-refractivity contribution in [1.29, 1.82) is 0 Å². The number of rotatable bonds is 4. The first-order valence-electron chi connectivity index (χ1n) is 10.9. The van der Waals surface area contributed by atoms with Gasteiger partial charge in [0.1, 0.15) is 11.9 Å². The van der Waals surface area contributed by atoms with Crippen LogP contribution in [0, 0.1) is 11.7 Å². The van der Waals surface area contributed by atoms with Crippen molar-refractivity contribution in [2.75, 3.05) is 6.54 Å². The lowest BCUT2D eigenvalue weighted by molar-refractivity contribution is -0.137. The normalized spacial score (nSPS) is 22.0. The van der Waals surface area contributed by atoms with Crippen LogP contribution in [-0.4, -0.2) is 44.4 Å². The summed E-state index contributed by atoms with van der Waals surface area (Å²) < 4.78 is 58.4. The summed E-state index contributed by atoms with van der Waals surface area (Å²) in [6.07, 6.45) is 1.19. The summed E-state index contributed by atoms with van der Waals surface area (Å²) in [5.41, 5.74) is -0.269. The van der Waals surface area contributed by atoms with Crippen molar-refractivity contribution in [3.8, 4) is 17.3 Å². The van der Waals surface area contributed by atoms with Crippen molar-refractivity contribution in [2.24, 2.45) is 5.92 Å². The molecule has 0 unspecified atom stereocenters. The van der Waals surface area contributed by atoms with Crippen molar-refractivity contribution in [3.63, 3.8) is 0 Å². The van der Waals surface area contributed by atoms with E-state index in [2.05, 4.69) is 15.0 Å². The Bertz CT molecular complexity index is 1190. The minimum Gasteiger partial charge on any atom is -0.472 e. The van der Waals surface area contributed by atoms with Crippen LogP contribution in [-0.2, 0) is 6.18 Å². The van der Waals surface area contributed by atoms with E-state index in [0.717, 1.165) is 18.7 Å². The maximum atomic E-state index is 14.0. The predicted octanol–water partition coefficient (Wildman–Crippen LogP) is 4.77.